The van der Waals surface area contributed by atoms with Gasteiger partial charge >= 0.3 is 0 Å². The Kier molecular flexibility index (Phi) is 3.50. The Bertz CT molecular complexity index is 649. The van der Waals surface area contributed by atoms with Crippen molar-refractivity contribution in [2.75, 3.05) is 7.05 Å². The van der Waals surface area contributed by atoms with Crippen LogP contribution in [0.5, 0.6) is 0 Å². The number of rotatable bonds is 4. The Labute approximate surface area is 124 Å². The summed E-state index contributed by atoms with van der Waals surface area (Å²) in [4.78, 5) is 14.4. The van der Waals surface area contributed by atoms with Crippen molar-refractivity contribution in [1.29, 1.82) is 0 Å². The van der Waals surface area contributed by atoms with Crippen molar-refractivity contribution in [2.24, 2.45) is 0 Å². The monoisotopic (exact) mass is 283 g/mol. The molecule has 2 aromatic carbocycles. The number of amides is 1. The lowest BCUT2D eigenvalue weighted by Crippen LogP contribution is -2.36. The molecule has 2 aromatic rings. The maximum absolute atomic E-state index is 14.0. The second-order valence-electron chi connectivity index (χ2n) is 5.71. The van der Waals surface area contributed by atoms with E-state index in [1.807, 2.05) is 30.3 Å². The molecule has 0 aromatic heterocycles. The van der Waals surface area contributed by atoms with Crippen molar-refractivity contribution in [2.45, 2.75) is 24.8 Å². The summed E-state index contributed by atoms with van der Waals surface area (Å²) in [6, 6.07) is 16.5. The Morgan fingerprint density at radius 1 is 1.10 bits per heavy atom. The number of hydrogen-bond acceptors (Lipinski definition) is 1. The molecule has 0 bridgehead atoms. The smallest absolute Gasteiger partial charge is 0.233 e. The molecule has 0 atom stereocenters. The van der Waals surface area contributed by atoms with Crippen LogP contribution in [0.3, 0.4) is 0 Å². The highest BCUT2D eigenvalue weighted by Crippen LogP contribution is 2.50. The van der Waals surface area contributed by atoms with Gasteiger partial charge in [-0.25, -0.2) is 4.39 Å². The standard InChI is InChI=1S/C18H18FNO/c1-20(13-14-7-3-2-4-8-14)17(21)18(11-12-18)15-9-5-6-10-16(15)19/h2-10H,11-13H2,1H3. The van der Waals surface area contributed by atoms with Crippen LogP contribution in [0.2, 0.25) is 0 Å². The lowest BCUT2D eigenvalue weighted by Gasteiger charge is -2.24. The molecule has 1 amide bonds. The Balaban J connectivity index is 1.80. The van der Waals surface area contributed by atoms with Gasteiger partial charge < -0.3 is 4.90 Å². The zero-order chi connectivity index (χ0) is 14.9. The van der Waals surface area contributed by atoms with Crippen LogP contribution in [-0.2, 0) is 16.8 Å². The average Bonchev–Trinajstić information content (AvgIpc) is 3.29. The number of carbonyl (C=O) groups excluding carboxylic acids is 1. The maximum Gasteiger partial charge on any atom is 0.233 e. The summed E-state index contributed by atoms with van der Waals surface area (Å²) < 4.78 is 14.0. The molecule has 0 unspecified atom stereocenters. The van der Waals surface area contributed by atoms with Crippen LogP contribution in [0.4, 0.5) is 4.39 Å². The molecular formula is C18H18FNO. The Morgan fingerprint density at radius 2 is 1.71 bits per heavy atom. The molecule has 1 aliphatic carbocycles. The molecule has 0 radical (unpaired) electrons. The van der Waals surface area contributed by atoms with Gasteiger partial charge in [0.2, 0.25) is 5.91 Å². The summed E-state index contributed by atoms with van der Waals surface area (Å²) in [6.45, 7) is 0.551. The molecule has 1 saturated carbocycles. The highest BCUT2D eigenvalue weighted by atomic mass is 19.1. The average molecular weight is 283 g/mol. The number of nitrogens with zero attached hydrogens (tertiary/aromatic N) is 1. The van der Waals surface area contributed by atoms with E-state index in [0.29, 0.717) is 12.1 Å². The van der Waals surface area contributed by atoms with Gasteiger partial charge in [0.15, 0.2) is 0 Å². The van der Waals surface area contributed by atoms with Crippen LogP contribution in [-0.4, -0.2) is 17.9 Å². The van der Waals surface area contributed by atoms with E-state index >= 15 is 0 Å². The third kappa shape index (κ3) is 2.56. The fraction of sp³-hybridized carbons (Fsp3) is 0.278. The van der Waals surface area contributed by atoms with Gasteiger partial charge in [-0.2, -0.15) is 0 Å². The Morgan fingerprint density at radius 3 is 2.33 bits per heavy atom. The van der Waals surface area contributed by atoms with E-state index in [9.17, 15) is 9.18 Å². The van der Waals surface area contributed by atoms with Crippen molar-refractivity contribution in [3.63, 3.8) is 0 Å². The minimum Gasteiger partial charge on any atom is -0.341 e. The van der Waals surface area contributed by atoms with E-state index in [1.165, 1.54) is 6.07 Å². The van der Waals surface area contributed by atoms with E-state index in [2.05, 4.69) is 0 Å². The van der Waals surface area contributed by atoms with E-state index in [1.54, 1.807) is 30.1 Å². The molecule has 3 rings (SSSR count). The highest BCUT2D eigenvalue weighted by Gasteiger charge is 2.53. The first kappa shape index (κ1) is 13.8. The largest absolute Gasteiger partial charge is 0.341 e. The summed E-state index contributed by atoms with van der Waals surface area (Å²) in [5, 5.41) is 0. The van der Waals surface area contributed by atoms with Gasteiger partial charge in [-0.1, -0.05) is 48.5 Å². The third-order valence-electron chi connectivity index (χ3n) is 4.16. The molecular weight excluding hydrogens is 265 g/mol. The van der Waals surface area contributed by atoms with Crippen LogP contribution in [0.1, 0.15) is 24.0 Å². The van der Waals surface area contributed by atoms with Gasteiger partial charge in [-0.15, -0.1) is 0 Å². The normalized spacial score (nSPS) is 15.5. The van der Waals surface area contributed by atoms with Crippen molar-refractivity contribution >= 4 is 5.91 Å². The predicted octanol–water partition coefficient (Wildman–Crippen LogP) is 3.52. The van der Waals surface area contributed by atoms with Gasteiger partial charge in [-0.05, 0) is 24.5 Å². The van der Waals surface area contributed by atoms with Crippen LogP contribution in [0.25, 0.3) is 0 Å². The first-order chi connectivity index (χ1) is 10.1. The van der Waals surface area contributed by atoms with Gasteiger partial charge in [0.05, 0.1) is 5.41 Å². The number of carbonyl (C=O) groups is 1. The lowest BCUT2D eigenvalue weighted by molar-refractivity contribution is -0.133. The summed E-state index contributed by atoms with van der Waals surface area (Å²) in [7, 11) is 1.79. The SMILES string of the molecule is CN(Cc1ccccc1)C(=O)C1(c2ccccc2F)CC1. The van der Waals surface area contributed by atoms with E-state index in [-0.39, 0.29) is 11.7 Å². The minimum absolute atomic E-state index is 0.0106. The van der Waals surface area contributed by atoms with Gasteiger partial charge in [-0.3, -0.25) is 4.79 Å². The second kappa shape index (κ2) is 5.32. The number of likely N-dealkylation sites (N-methyl/N-ethyl adjacent to an activating group) is 1. The number of halogens is 1. The fourth-order valence-electron chi connectivity index (χ4n) is 2.87. The minimum atomic E-state index is -0.644. The molecule has 1 aliphatic rings. The number of hydrogen-bond donors (Lipinski definition) is 0. The molecule has 1 fully saturated rings. The van der Waals surface area contributed by atoms with Crippen molar-refractivity contribution in [3.05, 3.63) is 71.5 Å². The quantitative estimate of drug-likeness (QED) is 0.840. The molecule has 3 heteroatoms. The zero-order valence-electron chi connectivity index (χ0n) is 12.1. The van der Waals surface area contributed by atoms with Gasteiger partial charge in [0.25, 0.3) is 0 Å². The zero-order valence-corrected chi connectivity index (χ0v) is 12.1. The molecule has 0 spiro atoms. The van der Waals surface area contributed by atoms with Crippen molar-refractivity contribution in [1.82, 2.24) is 4.90 Å². The first-order valence-corrected chi connectivity index (χ1v) is 7.18. The van der Waals surface area contributed by atoms with Gasteiger partial charge in [0.1, 0.15) is 5.82 Å². The van der Waals surface area contributed by atoms with Crippen LogP contribution >= 0.6 is 0 Å². The van der Waals surface area contributed by atoms with Crippen molar-refractivity contribution in [3.8, 4) is 0 Å². The first-order valence-electron chi connectivity index (χ1n) is 7.18. The molecule has 0 saturated heterocycles. The predicted molar refractivity (Wildman–Crippen MR) is 80.2 cm³/mol. The maximum atomic E-state index is 14.0. The third-order valence-corrected chi connectivity index (χ3v) is 4.16. The second-order valence-corrected chi connectivity index (χ2v) is 5.71. The van der Waals surface area contributed by atoms with Crippen LogP contribution in [0, 0.1) is 5.82 Å². The lowest BCUT2D eigenvalue weighted by atomic mass is 9.93. The fourth-order valence-corrected chi connectivity index (χ4v) is 2.87. The highest BCUT2D eigenvalue weighted by molar-refractivity contribution is 5.91. The van der Waals surface area contributed by atoms with Crippen LogP contribution < -0.4 is 0 Å². The molecule has 21 heavy (non-hydrogen) atoms. The van der Waals surface area contributed by atoms with Crippen molar-refractivity contribution < 1.29 is 9.18 Å². The Hall–Kier alpha value is -2.16. The number of benzene rings is 2. The summed E-state index contributed by atoms with van der Waals surface area (Å²) in [5.74, 6) is -0.270. The van der Waals surface area contributed by atoms with Gasteiger partial charge in [0, 0.05) is 19.2 Å². The summed E-state index contributed by atoms with van der Waals surface area (Å²) >= 11 is 0. The van der Waals surface area contributed by atoms with E-state index in [0.717, 1.165) is 18.4 Å². The molecule has 2 nitrogen and oxygen atoms in total. The molecule has 108 valence electrons. The molecule has 0 heterocycles. The van der Waals surface area contributed by atoms with Crippen LogP contribution in [0.15, 0.2) is 54.6 Å². The molecule has 0 aliphatic heterocycles. The summed E-state index contributed by atoms with van der Waals surface area (Å²) in [6.07, 6.45) is 1.46. The topological polar surface area (TPSA) is 20.3 Å². The summed E-state index contributed by atoms with van der Waals surface area (Å²) in [5.41, 5.74) is 0.974. The van der Waals surface area contributed by atoms with E-state index in [4.69, 9.17) is 0 Å². The molecule has 0 N–H and O–H groups in total. The van der Waals surface area contributed by atoms with E-state index < -0.39 is 5.41 Å².